The van der Waals surface area contributed by atoms with Crippen molar-refractivity contribution in [2.45, 2.75) is 25.8 Å². The van der Waals surface area contributed by atoms with Gasteiger partial charge in [0.25, 0.3) is 0 Å². The SMILES string of the molecule is CC(OCc1c(N)cccc1Br)C(F)(F)F. The average molecular weight is 298 g/mol. The number of hydrogen-bond donors (Lipinski definition) is 1. The lowest BCUT2D eigenvalue weighted by atomic mass is 10.2. The van der Waals surface area contributed by atoms with E-state index in [1.54, 1.807) is 18.2 Å². The highest BCUT2D eigenvalue weighted by Gasteiger charge is 2.36. The number of nitrogen functional groups attached to an aromatic ring is 1. The molecular formula is C10H11BrF3NO. The highest BCUT2D eigenvalue weighted by Crippen LogP contribution is 2.27. The lowest BCUT2D eigenvalue weighted by Gasteiger charge is -2.17. The van der Waals surface area contributed by atoms with Crippen LogP contribution in [0, 0.1) is 0 Å². The molecule has 0 radical (unpaired) electrons. The van der Waals surface area contributed by atoms with Crippen LogP contribution in [0.3, 0.4) is 0 Å². The van der Waals surface area contributed by atoms with Crippen molar-refractivity contribution in [3.63, 3.8) is 0 Å². The van der Waals surface area contributed by atoms with Crippen LogP contribution in [-0.2, 0) is 11.3 Å². The van der Waals surface area contributed by atoms with Crippen molar-refractivity contribution in [3.8, 4) is 0 Å². The molecule has 6 heteroatoms. The molecule has 0 amide bonds. The van der Waals surface area contributed by atoms with Crippen molar-refractivity contribution < 1.29 is 17.9 Å². The molecule has 0 aromatic heterocycles. The number of anilines is 1. The van der Waals surface area contributed by atoms with Crippen LogP contribution in [0.15, 0.2) is 22.7 Å². The summed E-state index contributed by atoms with van der Waals surface area (Å²) in [5, 5.41) is 0. The fourth-order valence-electron chi connectivity index (χ4n) is 1.03. The molecule has 1 rings (SSSR count). The largest absolute Gasteiger partial charge is 0.414 e. The topological polar surface area (TPSA) is 35.2 Å². The molecule has 0 aliphatic carbocycles. The second-order valence-corrected chi connectivity index (χ2v) is 4.16. The van der Waals surface area contributed by atoms with E-state index in [1.165, 1.54) is 0 Å². The third-order valence-electron chi connectivity index (χ3n) is 2.09. The molecule has 1 aromatic carbocycles. The molecule has 1 atom stereocenters. The molecule has 0 saturated heterocycles. The lowest BCUT2D eigenvalue weighted by molar-refractivity contribution is -0.217. The van der Waals surface area contributed by atoms with Crippen LogP contribution in [0.1, 0.15) is 12.5 Å². The number of halogens is 4. The maximum atomic E-state index is 12.2. The fraction of sp³-hybridized carbons (Fsp3) is 0.400. The molecule has 0 fully saturated rings. The fourth-order valence-corrected chi connectivity index (χ4v) is 1.53. The Balaban J connectivity index is 2.69. The van der Waals surface area contributed by atoms with Crippen molar-refractivity contribution in [2.24, 2.45) is 0 Å². The number of hydrogen-bond acceptors (Lipinski definition) is 2. The van der Waals surface area contributed by atoms with E-state index in [2.05, 4.69) is 15.9 Å². The number of nitrogens with two attached hydrogens (primary N) is 1. The van der Waals surface area contributed by atoms with Gasteiger partial charge in [-0.15, -0.1) is 0 Å². The zero-order valence-corrected chi connectivity index (χ0v) is 10.1. The molecule has 1 unspecified atom stereocenters. The van der Waals surface area contributed by atoms with Crippen LogP contribution in [0.25, 0.3) is 0 Å². The number of benzene rings is 1. The highest BCUT2D eigenvalue weighted by molar-refractivity contribution is 9.10. The summed E-state index contributed by atoms with van der Waals surface area (Å²) >= 11 is 3.21. The van der Waals surface area contributed by atoms with Crippen molar-refractivity contribution in [1.29, 1.82) is 0 Å². The van der Waals surface area contributed by atoms with E-state index >= 15 is 0 Å². The third kappa shape index (κ3) is 3.38. The van der Waals surface area contributed by atoms with Crippen molar-refractivity contribution in [1.82, 2.24) is 0 Å². The molecule has 0 saturated carbocycles. The van der Waals surface area contributed by atoms with Crippen LogP contribution < -0.4 is 5.73 Å². The minimum Gasteiger partial charge on any atom is -0.398 e. The van der Waals surface area contributed by atoms with Crippen molar-refractivity contribution >= 4 is 21.6 Å². The number of alkyl halides is 3. The Labute approximate surface area is 99.7 Å². The predicted octanol–water partition coefficient (Wildman–Crippen LogP) is 3.50. The minimum absolute atomic E-state index is 0.173. The van der Waals surface area contributed by atoms with Crippen LogP contribution >= 0.6 is 15.9 Å². The Morgan fingerprint density at radius 1 is 1.44 bits per heavy atom. The molecule has 0 bridgehead atoms. The Bertz CT molecular complexity index is 347. The van der Waals surface area contributed by atoms with Crippen LogP contribution in [0.5, 0.6) is 0 Å². The number of rotatable bonds is 3. The van der Waals surface area contributed by atoms with Crippen LogP contribution in [0.4, 0.5) is 18.9 Å². The quantitative estimate of drug-likeness (QED) is 0.867. The van der Waals surface area contributed by atoms with Gasteiger partial charge >= 0.3 is 6.18 Å². The van der Waals surface area contributed by atoms with Gasteiger partial charge in [-0.25, -0.2) is 0 Å². The minimum atomic E-state index is -4.35. The number of ether oxygens (including phenoxy) is 1. The molecule has 0 aliphatic heterocycles. The summed E-state index contributed by atoms with van der Waals surface area (Å²) in [7, 11) is 0. The Hall–Kier alpha value is -0.750. The summed E-state index contributed by atoms with van der Waals surface area (Å²) in [5.74, 6) is 0. The zero-order valence-electron chi connectivity index (χ0n) is 8.51. The first-order valence-electron chi connectivity index (χ1n) is 4.53. The Kier molecular flexibility index (Phi) is 4.21. The van der Waals surface area contributed by atoms with Gasteiger partial charge in [0.05, 0.1) is 6.61 Å². The van der Waals surface area contributed by atoms with Gasteiger partial charge in [-0.05, 0) is 19.1 Å². The molecule has 90 valence electrons. The molecule has 2 nitrogen and oxygen atoms in total. The first-order chi connectivity index (χ1) is 7.32. The van der Waals surface area contributed by atoms with E-state index in [0.717, 1.165) is 6.92 Å². The van der Waals surface area contributed by atoms with Gasteiger partial charge in [0.2, 0.25) is 0 Å². The second kappa shape index (κ2) is 5.05. The van der Waals surface area contributed by atoms with Crippen LogP contribution in [-0.4, -0.2) is 12.3 Å². The highest BCUT2D eigenvalue weighted by atomic mass is 79.9. The Morgan fingerprint density at radius 3 is 2.56 bits per heavy atom. The summed E-state index contributed by atoms with van der Waals surface area (Å²) in [6, 6.07) is 5.02. The molecular weight excluding hydrogens is 287 g/mol. The molecule has 16 heavy (non-hydrogen) atoms. The molecule has 2 N–H and O–H groups in total. The monoisotopic (exact) mass is 297 g/mol. The standard InChI is InChI=1S/C10H11BrF3NO/c1-6(10(12,13)14)16-5-7-8(11)3-2-4-9(7)15/h2-4,6H,5,15H2,1H3. The summed E-state index contributed by atoms with van der Waals surface area (Å²) < 4.78 is 41.9. The molecule has 0 heterocycles. The van der Waals surface area contributed by atoms with Crippen LogP contribution in [0.2, 0.25) is 0 Å². The summed E-state index contributed by atoms with van der Waals surface area (Å²) in [6.07, 6.45) is -6.16. The normalized spacial score (nSPS) is 13.8. The van der Waals surface area contributed by atoms with Gasteiger partial charge in [-0.2, -0.15) is 13.2 Å². The summed E-state index contributed by atoms with van der Waals surface area (Å²) in [4.78, 5) is 0. The maximum Gasteiger partial charge on any atom is 0.414 e. The van der Waals surface area contributed by atoms with E-state index in [-0.39, 0.29) is 6.61 Å². The maximum absolute atomic E-state index is 12.2. The van der Waals surface area contributed by atoms with Gasteiger partial charge in [0.1, 0.15) is 0 Å². The van der Waals surface area contributed by atoms with E-state index in [0.29, 0.717) is 15.7 Å². The van der Waals surface area contributed by atoms with Gasteiger partial charge in [0, 0.05) is 15.7 Å². The van der Waals surface area contributed by atoms with Gasteiger partial charge in [0.15, 0.2) is 6.10 Å². The third-order valence-corrected chi connectivity index (χ3v) is 2.84. The lowest BCUT2D eigenvalue weighted by Crippen LogP contribution is -2.28. The van der Waals surface area contributed by atoms with E-state index < -0.39 is 12.3 Å². The predicted molar refractivity (Wildman–Crippen MR) is 58.9 cm³/mol. The van der Waals surface area contributed by atoms with E-state index in [9.17, 15) is 13.2 Å². The first-order valence-corrected chi connectivity index (χ1v) is 5.33. The summed E-state index contributed by atoms with van der Waals surface area (Å²) in [5.41, 5.74) is 6.56. The van der Waals surface area contributed by atoms with E-state index in [4.69, 9.17) is 10.5 Å². The van der Waals surface area contributed by atoms with Crippen molar-refractivity contribution in [2.75, 3.05) is 5.73 Å². The smallest absolute Gasteiger partial charge is 0.398 e. The van der Waals surface area contributed by atoms with Crippen molar-refractivity contribution in [3.05, 3.63) is 28.2 Å². The first kappa shape index (κ1) is 13.3. The second-order valence-electron chi connectivity index (χ2n) is 3.30. The summed E-state index contributed by atoms with van der Waals surface area (Å²) in [6.45, 7) is 0.793. The Morgan fingerprint density at radius 2 is 2.06 bits per heavy atom. The molecule has 0 aliphatic rings. The van der Waals surface area contributed by atoms with Gasteiger partial charge in [-0.1, -0.05) is 22.0 Å². The van der Waals surface area contributed by atoms with Gasteiger partial charge < -0.3 is 10.5 Å². The molecule has 0 spiro atoms. The zero-order chi connectivity index (χ0) is 12.3. The average Bonchev–Trinajstić information content (AvgIpc) is 2.15. The van der Waals surface area contributed by atoms with E-state index in [1.807, 2.05) is 0 Å². The van der Waals surface area contributed by atoms with Gasteiger partial charge in [-0.3, -0.25) is 0 Å². The molecule has 1 aromatic rings.